The number of para-hydroxylation sites is 1. The van der Waals surface area contributed by atoms with E-state index in [2.05, 4.69) is 9.97 Å². The number of carbonyl (C=O) groups excluding carboxylic acids is 1. The molecular formula is C15H12N2O2. The molecule has 0 atom stereocenters. The van der Waals surface area contributed by atoms with Gasteiger partial charge in [0.1, 0.15) is 23.5 Å². The van der Waals surface area contributed by atoms with E-state index in [9.17, 15) is 4.79 Å². The third-order valence-electron chi connectivity index (χ3n) is 2.87. The highest BCUT2D eigenvalue weighted by molar-refractivity contribution is 5.92. The molecule has 0 N–H and O–H groups in total. The Balaban J connectivity index is 2.09. The molecule has 0 aliphatic heterocycles. The monoisotopic (exact) mass is 252 g/mol. The van der Waals surface area contributed by atoms with Gasteiger partial charge in [0, 0.05) is 17.1 Å². The number of rotatable bonds is 3. The fraction of sp³-hybridized carbons (Fsp3) is 0.133. The van der Waals surface area contributed by atoms with Gasteiger partial charge in [-0.05, 0) is 19.1 Å². The summed E-state index contributed by atoms with van der Waals surface area (Å²) in [5.41, 5.74) is 2.52. The number of fused-ring (bicyclic) bond motifs is 1. The van der Waals surface area contributed by atoms with E-state index in [4.69, 9.17) is 4.42 Å². The Bertz CT molecular complexity index is 746. The highest BCUT2D eigenvalue weighted by Crippen LogP contribution is 2.28. The first-order chi connectivity index (χ1) is 9.24. The van der Waals surface area contributed by atoms with Crippen molar-refractivity contribution in [1.29, 1.82) is 0 Å². The van der Waals surface area contributed by atoms with Crippen molar-refractivity contribution in [1.82, 2.24) is 9.97 Å². The average molecular weight is 252 g/mol. The zero-order valence-corrected chi connectivity index (χ0v) is 10.5. The van der Waals surface area contributed by atoms with Crippen LogP contribution in [0.4, 0.5) is 0 Å². The van der Waals surface area contributed by atoms with Crippen LogP contribution in [0.5, 0.6) is 0 Å². The lowest BCUT2D eigenvalue weighted by molar-refractivity contribution is -0.116. The normalized spacial score (nSPS) is 10.8. The number of aromatic nitrogens is 2. The molecule has 0 aliphatic rings. The Kier molecular flexibility index (Phi) is 2.83. The van der Waals surface area contributed by atoms with Crippen LogP contribution in [0.2, 0.25) is 0 Å². The molecule has 1 aromatic carbocycles. The maximum absolute atomic E-state index is 11.1. The molecule has 0 fully saturated rings. The van der Waals surface area contributed by atoms with Crippen molar-refractivity contribution >= 4 is 16.8 Å². The van der Waals surface area contributed by atoms with Crippen molar-refractivity contribution in [3.8, 4) is 11.3 Å². The second-order valence-corrected chi connectivity index (χ2v) is 4.38. The number of nitrogens with zero attached hydrogens (tertiary/aromatic N) is 2. The third kappa shape index (κ3) is 2.25. The molecule has 0 radical (unpaired) electrons. The highest BCUT2D eigenvalue weighted by atomic mass is 16.3. The van der Waals surface area contributed by atoms with Crippen LogP contribution in [0.25, 0.3) is 22.2 Å². The molecule has 0 amide bonds. The number of carbonyl (C=O) groups is 1. The topological polar surface area (TPSA) is 56.0 Å². The molecule has 4 nitrogen and oxygen atoms in total. The van der Waals surface area contributed by atoms with Crippen molar-refractivity contribution in [2.45, 2.75) is 13.3 Å². The van der Waals surface area contributed by atoms with E-state index in [1.54, 1.807) is 12.5 Å². The van der Waals surface area contributed by atoms with Gasteiger partial charge in [-0.25, -0.2) is 9.97 Å². The lowest BCUT2D eigenvalue weighted by Gasteiger charge is -2.00. The van der Waals surface area contributed by atoms with Crippen molar-refractivity contribution < 1.29 is 9.21 Å². The first-order valence-electron chi connectivity index (χ1n) is 6.02. The molecule has 0 saturated carbocycles. The molecule has 19 heavy (non-hydrogen) atoms. The van der Waals surface area contributed by atoms with Gasteiger partial charge in [0.05, 0.1) is 12.1 Å². The van der Waals surface area contributed by atoms with Crippen LogP contribution in [0.15, 0.2) is 47.2 Å². The van der Waals surface area contributed by atoms with Crippen molar-refractivity contribution in [2.24, 2.45) is 0 Å². The molecule has 0 spiro atoms. The number of furan rings is 1. The van der Waals surface area contributed by atoms with Gasteiger partial charge in [0.15, 0.2) is 0 Å². The molecule has 0 aliphatic carbocycles. The van der Waals surface area contributed by atoms with E-state index >= 15 is 0 Å². The molecule has 94 valence electrons. The van der Waals surface area contributed by atoms with E-state index in [1.807, 2.05) is 30.3 Å². The van der Waals surface area contributed by atoms with E-state index in [-0.39, 0.29) is 12.2 Å². The number of hydrogen-bond acceptors (Lipinski definition) is 4. The van der Waals surface area contributed by atoms with Gasteiger partial charge in [-0.1, -0.05) is 18.2 Å². The molecule has 2 heterocycles. The Morgan fingerprint density at radius 1 is 1.26 bits per heavy atom. The summed E-state index contributed by atoms with van der Waals surface area (Å²) >= 11 is 0. The fourth-order valence-electron chi connectivity index (χ4n) is 2.03. The van der Waals surface area contributed by atoms with Crippen LogP contribution in [0.3, 0.4) is 0 Å². The second kappa shape index (κ2) is 4.65. The van der Waals surface area contributed by atoms with Crippen molar-refractivity contribution in [2.75, 3.05) is 0 Å². The smallest absolute Gasteiger partial charge is 0.137 e. The van der Waals surface area contributed by atoms with Crippen LogP contribution in [0, 0.1) is 0 Å². The number of benzene rings is 1. The minimum Gasteiger partial charge on any atom is -0.464 e. The fourth-order valence-corrected chi connectivity index (χ4v) is 2.03. The average Bonchev–Trinajstić information content (AvgIpc) is 2.82. The molecule has 0 saturated heterocycles. The van der Waals surface area contributed by atoms with E-state index in [1.165, 1.54) is 6.92 Å². The van der Waals surface area contributed by atoms with Crippen LogP contribution in [0.1, 0.15) is 12.7 Å². The first-order valence-corrected chi connectivity index (χ1v) is 6.02. The summed E-state index contributed by atoms with van der Waals surface area (Å²) < 4.78 is 5.50. The summed E-state index contributed by atoms with van der Waals surface area (Å²) in [6.07, 6.45) is 3.61. The number of Topliss-reactive ketones (excluding diaryl/α,β-unsaturated/α-hetero) is 1. The summed E-state index contributed by atoms with van der Waals surface area (Å²) in [5.74, 6) is 0.587. The predicted molar refractivity (Wildman–Crippen MR) is 71.6 cm³/mol. The Labute approximate surface area is 110 Å². The van der Waals surface area contributed by atoms with Gasteiger partial charge in [-0.3, -0.25) is 4.79 Å². The lowest BCUT2D eigenvalue weighted by Crippen LogP contribution is -2.02. The Morgan fingerprint density at radius 2 is 2.11 bits per heavy atom. The molecule has 4 heteroatoms. The minimum absolute atomic E-state index is 0.0502. The standard InChI is InChI=1S/C15H12N2O2/c1-10(18)8-15-16-7-6-13(17-15)12-9-19-14-5-3-2-4-11(12)14/h2-7,9H,8H2,1H3. The molecule has 0 bridgehead atoms. The minimum atomic E-state index is 0.0502. The first kappa shape index (κ1) is 11.6. The molecular weight excluding hydrogens is 240 g/mol. The van der Waals surface area contributed by atoms with Crippen LogP contribution in [-0.4, -0.2) is 15.8 Å². The van der Waals surface area contributed by atoms with Crippen LogP contribution in [-0.2, 0) is 11.2 Å². The Morgan fingerprint density at radius 3 is 2.95 bits per heavy atom. The van der Waals surface area contributed by atoms with Gasteiger partial charge in [0.2, 0.25) is 0 Å². The zero-order valence-electron chi connectivity index (χ0n) is 10.5. The summed E-state index contributed by atoms with van der Waals surface area (Å²) in [6.45, 7) is 1.53. The second-order valence-electron chi connectivity index (χ2n) is 4.38. The van der Waals surface area contributed by atoms with E-state index < -0.39 is 0 Å². The van der Waals surface area contributed by atoms with Crippen molar-refractivity contribution in [3.05, 3.63) is 48.6 Å². The van der Waals surface area contributed by atoms with Gasteiger partial charge in [-0.2, -0.15) is 0 Å². The summed E-state index contributed by atoms with van der Waals surface area (Å²) in [5, 5.41) is 1.01. The third-order valence-corrected chi connectivity index (χ3v) is 2.87. The zero-order chi connectivity index (χ0) is 13.2. The highest BCUT2D eigenvalue weighted by Gasteiger charge is 2.10. The summed E-state index contributed by atoms with van der Waals surface area (Å²) in [4.78, 5) is 19.6. The summed E-state index contributed by atoms with van der Waals surface area (Å²) in [6, 6.07) is 9.61. The predicted octanol–water partition coefficient (Wildman–Crippen LogP) is 3.02. The van der Waals surface area contributed by atoms with Gasteiger partial charge in [0.25, 0.3) is 0 Å². The SMILES string of the molecule is CC(=O)Cc1nccc(-c2coc3ccccc23)n1. The summed E-state index contributed by atoms with van der Waals surface area (Å²) in [7, 11) is 0. The largest absolute Gasteiger partial charge is 0.464 e. The molecule has 2 aromatic heterocycles. The van der Waals surface area contributed by atoms with E-state index in [0.717, 1.165) is 22.2 Å². The molecule has 3 aromatic rings. The molecule has 0 unspecified atom stereocenters. The maximum atomic E-state index is 11.1. The number of ketones is 1. The van der Waals surface area contributed by atoms with E-state index in [0.29, 0.717) is 5.82 Å². The quantitative estimate of drug-likeness (QED) is 0.719. The van der Waals surface area contributed by atoms with Gasteiger partial charge < -0.3 is 4.42 Å². The van der Waals surface area contributed by atoms with Crippen LogP contribution < -0.4 is 0 Å². The number of hydrogen-bond donors (Lipinski definition) is 0. The van der Waals surface area contributed by atoms with Gasteiger partial charge in [-0.15, -0.1) is 0 Å². The Hall–Kier alpha value is -2.49. The maximum Gasteiger partial charge on any atom is 0.137 e. The van der Waals surface area contributed by atoms with Crippen LogP contribution >= 0.6 is 0 Å². The molecule has 3 rings (SSSR count). The van der Waals surface area contributed by atoms with Crippen molar-refractivity contribution in [3.63, 3.8) is 0 Å². The lowest BCUT2D eigenvalue weighted by atomic mass is 10.1. The van der Waals surface area contributed by atoms with Gasteiger partial charge >= 0.3 is 0 Å².